The highest BCUT2D eigenvalue weighted by Gasteiger charge is 2.16. The molecule has 0 aliphatic rings. The lowest BCUT2D eigenvalue weighted by atomic mass is 10.2. The third-order valence-corrected chi connectivity index (χ3v) is 4.52. The predicted molar refractivity (Wildman–Crippen MR) is 94.4 cm³/mol. The Bertz CT molecular complexity index is 830. The number of nitrogens with zero attached hydrogens (tertiary/aromatic N) is 1. The minimum absolute atomic E-state index is 0.0817. The molecule has 1 N–H and O–H groups in total. The van der Waals surface area contributed by atoms with Crippen LogP contribution in [-0.4, -0.2) is 24.1 Å². The quantitative estimate of drug-likeness (QED) is 0.702. The molecule has 0 spiro atoms. The molecule has 0 unspecified atom stereocenters. The number of amides is 1. The summed E-state index contributed by atoms with van der Waals surface area (Å²) in [6.45, 7) is 4.73. The van der Waals surface area contributed by atoms with Gasteiger partial charge in [-0.05, 0) is 35.2 Å². The number of hydrogen-bond donors (Lipinski definition) is 1. The van der Waals surface area contributed by atoms with Gasteiger partial charge in [0, 0.05) is 13.1 Å². The van der Waals surface area contributed by atoms with Gasteiger partial charge >= 0.3 is 0 Å². The number of thiophene rings is 1. The van der Waals surface area contributed by atoms with Gasteiger partial charge in [-0.3, -0.25) is 4.79 Å². The summed E-state index contributed by atoms with van der Waals surface area (Å²) in [7, 11) is 1.65. The van der Waals surface area contributed by atoms with Crippen LogP contribution in [0, 0.1) is 0 Å². The first-order chi connectivity index (χ1) is 11.2. The number of carbonyl (C=O) groups excluding carboxylic acids is 1. The molecule has 3 rings (SSSR count). The van der Waals surface area contributed by atoms with E-state index >= 15 is 0 Å². The second kappa shape index (κ2) is 6.71. The van der Waals surface area contributed by atoms with Crippen molar-refractivity contribution in [2.45, 2.75) is 6.54 Å². The molecule has 0 saturated heterocycles. The van der Waals surface area contributed by atoms with Gasteiger partial charge in [-0.1, -0.05) is 18.2 Å². The SMILES string of the molecule is C=CCNC(=O)c1cc2sccc2n1Cc1ccc(OC)cc1. The average molecular weight is 326 g/mol. The fourth-order valence-electron chi connectivity index (χ4n) is 2.50. The van der Waals surface area contributed by atoms with Gasteiger partial charge in [0.15, 0.2) is 0 Å². The zero-order valence-corrected chi connectivity index (χ0v) is 13.7. The van der Waals surface area contributed by atoms with E-state index in [-0.39, 0.29) is 5.91 Å². The monoisotopic (exact) mass is 326 g/mol. The van der Waals surface area contributed by atoms with Gasteiger partial charge in [-0.25, -0.2) is 0 Å². The van der Waals surface area contributed by atoms with Crippen molar-refractivity contribution >= 4 is 27.5 Å². The van der Waals surface area contributed by atoms with Crippen molar-refractivity contribution in [2.75, 3.05) is 13.7 Å². The summed E-state index contributed by atoms with van der Waals surface area (Å²) in [5, 5.41) is 4.89. The number of nitrogens with one attached hydrogen (secondary N) is 1. The van der Waals surface area contributed by atoms with Crippen LogP contribution in [0.3, 0.4) is 0 Å². The maximum atomic E-state index is 12.4. The molecule has 118 valence electrons. The number of hydrogen-bond acceptors (Lipinski definition) is 3. The van der Waals surface area contributed by atoms with Crippen LogP contribution in [0.25, 0.3) is 10.2 Å². The first-order valence-corrected chi connectivity index (χ1v) is 8.19. The average Bonchev–Trinajstić information content (AvgIpc) is 3.16. The van der Waals surface area contributed by atoms with Crippen LogP contribution in [-0.2, 0) is 6.54 Å². The second-order valence-corrected chi connectivity index (χ2v) is 6.08. The molecule has 23 heavy (non-hydrogen) atoms. The van der Waals surface area contributed by atoms with Crippen LogP contribution in [0.4, 0.5) is 0 Å². The van der Waals surface area contributed by atoms with E-state index in [2.05, 4.69) is 11.9 Å². The molecule has 0 aliphatic carbocycles. The number of carbonyl (C=O) groups is 1. The minimum atomic E-state index is -0.0817. The molecule has 5 heteroatoms. The van der Waals surface area contributed by atoms with Crippen molar-refractivity contribution in [3.05, 3.63) is 65.7 Å². The molecule has 0 fully saturated rings. The number of benzene rings is 1. The molecule has 0 saturated carbocycles. The Hall–Kier alpha value is -2.53. The van der Waals surface area contributed by atoms with Crippen LogP contribution in [0.5, 0.6) is 5.75 Å². The molecular weight excluding hydrogens is 308 g/mol. The lowest BCUT2D eigenvalue weighted by Crippen LogP contribution is -2.26. The Morgan fingerprint density at radius 2 is 2.13 bits per heavy atom. The molecule has 3 aromatic rings. The van der Waals surface area contributed by atoms with Crippen LogP contribution < -0.4 is 10.1 Å². The van der Waals surface area contributed by atoms with Gasteiger partial charge < -0.3 is 14.6 Å². The fourth-order valence-corrected chi connectivity index (χ4v) is 3.33. The van der Waals surface area contributed by atoms with Gasteiger partial charge in [0.1, 0.15) is 11.4 Å². The van der Waals surface area contributed by atoms with E-state index in [9.17, 15) is 4.79 Å². The summed E-state index contributed by atoms with van der Waals surface area (Å²) in [5.74, 6) is 0.743. The zero-order valence-electron chi connectivity index (χ0n) is 12.9. The van der Waals surface area contributed by atoms with E-state index in [1.807, 2.05) is 46.3 Å². The standard InChI is InChI=1S/C18H18N2O2S/c1-3-9-19-18(21)16-11-17-15(8-10-23-17)20(16)12-13-4-6-14(22-2)7-5-13/h3-8,10-11H,1,9,12H2,2H3,(H,19,21). The molecule has 1 aromatic carbocycles. The lowest BCUT2D eigenvalue weighted by molar-refractivity contribution is 0.0949. The molecule has 0 atom stereocenters. The molecule has 2 aromatic heterocycles. The fraction of sp³-hybridized carbons (Fsp3) is 0.167. The number of fused-ring (bicyclic) bond motifs is 1. The maximum absolute atomic E-state index is 12.4. The number of aromatic nitrogens is 1. The number of rotatable bonds is 6. The van der Waals surface area contributed by atoms with Crippen molar-refractivity contribution < 1.29 is 9.53 Å². The third-order valence-electron chi connectivity index (χ3n) is 3.66. The highest BCUT2D eigenvalue weighted by Crippen LogP contribution is 2.26. The van der Waals surface area contributed by atoms with Crippen molar-refractivity contribution in [1.29, 1.82) is 0 Å². The predicted octanol–water partition coefficient (Wildman–Crippen LogP) is 3.68. The van der Waals surface area contributed by atoms with E-state index in [0.717, 1.165) is 21.5 Å². The Labute approximate surface area is 139 Å². The molecule has 2 heterocycles. The first kappa shape index (κ1) is 15.4. The summed E-state index contributed by atoms with van der Waals surface area (Å²) in [5.41, 5.74) is 2.87. The Kier molecular flexibility index (Phi) is 4.48. The van der Waals surface area contributed by atoms with Crippen molar-refractivity contribution in [3.8, 4) is 5.75 Å². The minimum Gasteiger partial charge on any atom is -0.497 e. The zero-order chi connectivity index (χ0) is 16.2. The summed E-state index contributed by atoms with van der Waals surface area (Å²) < 4.78 is 8.35. The maximum Gasteiger partial charge on any atom is 0.268 e. The van der Waals surface area contributed by atoms with Crippen LogP contribution in [0.2, 0.25) is 0 Å². The molecule has 4 nitrogen and oxygen atoms in total. The van der Waals surface area contributed by atoms with E-state index < -0.39 is 0 Å². The summed E-state index contributed by atoms with van der Waals surface area (Å²) in [6, 6.07) is 11.9. The van der Waals surface area contributed by atoms with Gasteiger partial charge in [0.05, 0.1) is 17.3 Å². The van der Waals surface area contributed by atoms with Crippen molar-refractivity contribution in [1.82, 2.24) is 9.88 Å². The van der Waals surface area contributed by atoms with Crippen molar-refractivity contribution in [2.24, 2.45) is 0 Å². The summed E-state index contributed by atoms with van der Waals surface area (Å²) in [4.78, 5) is 12.4. The summed E-state index contributed by atoms with van der Waals surface area (Å²) >= 11 is 1.64. The number of ether oxygens (including phenoxy) is 1. The molecule has 1 amide bonds. The second-order valence-electron chi connectivity index (χ2n) is 5.13. The normalized spacial score (nSPS) is 10.7. The van der Waals surface area contributed by atoms with Gasteiger partial charge in [-0.15, -0.1) is 17.9 Å². The largest absolute Gasteiger partial charge is 0.497 e. The van der Waals surface area contributed by atoms with E-state index in [1.165, 1.54) is 0 Å². The molecule has 0 aliphatic heterocycles. The first-order valence-electron chi connectivity index (χ1n) is 7.31. The smallest absolute Gasteiger partial charge is 0.268 e. The van der Waals surface area contributed by atoms with E-state index in [0.29, 0.717) is 18.8 Å². The molecular formula is C18H18N2O2S. The van der Waals surface area contributed by atoms with Gasteiger partial charge in [-0.2, -0.15) is 0 Å². The Morgan fingerprint density at radius 3 is 2.83 bits per heavy atom. The van der Waals surface area contributed by atoms with Crippen LogP contribution in [0.15, 0.2) is 54.4 Å². The topological polar surface area (TPSA) is 43.3 Å². The number of methoxy groups -OCH3 is 1. The molecule has 0 bridgehead atoms. The Balaban J connectivity index is 1.95. The van der Waals surface area contributed by atoms with Crippen LogP contribution >= 0.6 is 11.3 Å². The van der Waals surface area contributed by atoms with Crippen LogP contribution in [0.1, 0.15) is 16.1 Å². The lowest BCUT2D eigenvalue weighted by Gasteiger charge is -2.11. The third kappa shape index (κ3) is 3.14. The van der Waals surface area contributed by atoms with Crippen molar-refractivity contribution in [3.63, 3.8) is 0 Å². The Morgan fingerprint density at radius 1 is 1.35 bits per heavy atom. The van der Waals surface area contributed by atoms with E-state index in [4.69, 9.17) is 4.74 Å². The molecule has 0 radical (unpaired) electrons. The summed E-state index contributed by atoms with van der Waals surface area (Å²) in [6.07, 6.45) is 1.68. The van der Waals surface area contributed by atoms with Gasteiger partial charge in [0.2, 0.25) is 0 Å². The highest BCUT2D eigenvalue weighted by molar-refractivity contribution is 7.17. The highest BCUT2D eigenvalue weighted by atomic mass is 32.1. The van der Waals surface area contributed by atoms with E-state index in [1.54, 1.807) is 24.5 Å². The van der Waals surface area contributed by atoms with Gasteiger partial charge in [0.25, 0.3) is 5.91 Å².